The summed E-state index contributed by atoms with van der Waals surface area (Å²) in [6.45, 7) is 6.73. The minimum Gasteiger partial charge on any atom is -0.494 e. The first-order valence-electron chi connectivity index (χ1n) is 13.3. The van der Waals surface area contributed by atoms with Gasteiger partial charge in [0.05, 0.1) is 17.2 Å². The predicted octanol–water partition coefficient (Wildman–Crippen LogP) is 4.89. The lowest BCUT2D eigenvalue weighted by molar-refractivity contribution is -0.139. The molecule has 3 aromatic rings. The Morgan fingerprint density at radius 2 is 1.44 bits per heavy atom. The van der Waals surface area contributed by atoms with E-state index in [-0.39, 0.29) is 23.2 Å². The lowest BCUT2D eigenvalue weighted by atomic mass is 10.1. The van der Waals surface area contributed by atoms with Crippen molar-refractivity contribution in [3.05, 3.63) is 90.0 Å². The Morgan fingerprint density at radius 1 is 0.878 bits per heavy atom. The van der Waals surface area contributed by atoms with Crippen LogP contribution >= 0.6 is 0 Å². The lowest BCUT2D eigenvalue weighted by Gasteiger charge is -2.32. The smallest absolute Gasteiger partial charge is 0.264 e. The Bertz CT molecular complexity index is 1420. The molecule has 3 aromatic carbocycles. The molecule has 0 aliphatic heterocycles. The fourth-order valence-electron chi connectivity index (χ4n) is 3.97. The van der Waals surface area contributed by atoms with Crippen molar-refractivity contribution in [2.75, 3.05) is 17.5 Å². The number of anilines is 1. The number of sulfonamides is 1. The maximum absolute atomic E-state index is 13.9. The van der Waals surface area contributed by atoms with Crippen LogP contribution in [-0.2, 0) is 26.2 Å². The number of hydrogen-bond donors (Lipinski definition) is 1. The molecule has 11 heteroatoms. The summed E-state index contributed by atoms with van der Waals surface area (Å²) >= 11 is 0. The third-order valence-corrected chi connectivity index (χ3v) is 8.34. The third kappa shape index (κ3) is 8.26. The monoisotopic (exact) mass is 587 g/mol. The van der Waals surface area contributed by atoms with Gasteiger partial charge in [-0.25, -0.2) is 17.2 Å². The highest BCUT2D eigenvalue weighted by Crippen LogP contribution is 2.26. The largest absolute Gasteiger partial charge is 0.494 e. The first-order chi connectivity index (χ1) is 19.5. The Balaban J connectivity index is 2.01. The van der Waals surface area contributed by atoms with Crippen LogP contribution in [0.2, 0.25) is 0 Å². The number of hydrogen-bond acceptors (Lipinski definition) is 5. The van der Waals surface area contributed by atoms with E-state index in [0.717, 1.165) is 16.4 Å². The molecule has 2 atom stereocenters. The van der Waals surface area contributed by atoms with Crippen molar-refractivity contribution in [2.24, 2.45) is 0 Å². The summed E-state index contributed by atoms with van der Waals surface area (Å²) < 4.78 is 61.2. The number of carbonyl (C=O) groups excluding carboxylic acids is 2. The molecule has 41 heavy (non-hydrogen) atoms. The summed E-state index contributed by atoms with van der Waals surface area (Å²) in [7, 11) is -4.32. The molecule has 0 radical (unpaired) electrons. The molecule has 0 heterocycles. The van der Waals surface area contributed by atoms with Crippen LogP contribution in [0, 0.1) is 11.6 Å². The van der Waals surface area contributed by atoms with Gasteiger partial charge in [-0.15, -0.1) is 0 Å². The van der Waals surface area contributed by atoms with Crippen LogP contribution in [0.15, 0.2) is 77.7 Å². The number of amides is 2. The molecule has 2 amide bonds. The summed E-state index contributed by atoms with van der Waals surface area (Å²) in [6.07, 6.45) is 0.670. The Morgan fingerprint density at radius 3 is 1.98 bits per heavy atom. The van der Waals surface area contributed by atoms with Gasteiger partial charge in [-0.05, 0) is 93.4 Å². The van der Waals surface area contributed by atoms with Gasteiger partial charge in [0.1, 0.15) is 30.0 Å². The Kier molecular flexibility index (Phi) is 10.8. The van der Waals surface area contributed by atoms with Gasteiger partial charge in [-0.1, -0.05) is 19.1 Å². The van der Waals surface area contributed by atoms with Crippen molar-refractivity contribution >= 4 is 27.5 Å². The van der Waals surface area contributed by atoms with E-state index in [4.69, 9.17) is 4.74 Å². The normalized spacial score (nSPS) is 12.7. The van der Waals surface area contributed by atoms with E-state index in [0.29, 0.717) is 24.3 Å². The molecule has 0 fully saturated rings. The highest BCUT2D eigenvalue weighted by molar-refractivity contribution is 7.92. The number of nitrogens with zero attached hydrogens (tertiary/aromatic N) is 2. The molecule has 0 aliphatic carbocycles. The number of benzene rings is 3. The molecule has 0 saturated carbocycles. The highest BCUT2D eigenvalue weighted by Gasteiger charge is 2.33. The van der Waals surface area contributed by atoms with Gasteiger partial charge in [0.15, 0.2) is 0 Å². The second-order valence-corrected chi connectivity index (χ2v) is 11.4. The molecule has 0 bridgehead atoms. The average Bonchev–Trinajstić information content (AvgIpc) is 2.96. The van der Waals surface area contributed by atoms with Crippen LogP contribution in [0.3, 0.4) is 0 Å². The molecular weight excluding hydrogens is 552 g/mol. The van der Waals surface area contributed by atoms with Crippen molar-refractivity contribution in [2.45, 2.75) is 57.6 Å². The summed E-state index contributed by atoms with van der Waals surface area (Å²) in [5.74, 6) is -1.66. The van der Waals surface area contributed by atoms with E-state index >= 15 is 0 Å². The zero-order valence-corrected chi connectivity index (χ0v) is 24.3. The van der Waals surface area contributed by atoms with Crippen molar-refractivity contribution in [1.82, 2.24) is 10.2 Å². The molecular formula is C30H35F2N3O5S. The molecule has 1 N–H and O–H groups in total. The maximum atomic E-state index is 13.9. The van der Waals surface area contributed by atoms with Gasteiger partial charge in [0.2, 0.25) is 11.8 Å². The van der Waals surface area contributed by atoms with Gasteiger partial charge in [-0.2, -0.15) is 0 Å². The topological polar surface area (TPSA) is 96.0 Å². The number of carbonyl (C=O) groups is 2. The summed E-state index contributed by atoms with van der Waals surface area (Å²) in [4.78, 5) is 28.0. The third-order valence-electron chi connectivity index (χ3n) is 6.55. The van der Waals surface area contributed by atoms with Crippen molar-refractivity contribution < 1.29 is 31.5 Å². The zero-order valence-electron chi connectivity index (χ0n) is 23.5. The van der Waals surface area contributed by atoms with Gasteiger partial charge in [-0.3, -0.25) is 13.9 Å². The first kappa shape index (κ1) is 31.5. The van der Waals surface area contributed by atoms with E-state index < -0.39 is 46.1 Å². The van der Waals surface area contributed by atoms with Crippen molar-refractivity contribution in [1.29, 1.82) is 0 Å². The second-order valence-electron chi connectivity index (χ2n) is 9.53. The highest BCUT2D eigenvalue weighted by atomic mass is 32.2. The SMILES string of the molecule is CCOc1ccc(S(=O)(=O)N(CC(=O)N(Cc2ccc(F)cc2)[C@@H](C)C(=O)N[C@@H](C)CC)c2ccc(F)cc2)cc1. The van der Waals surface area contributed by atoms with Gasteiger partial charge >= 0.3 is 0 Å². The lowest BCUT2D eigenvalue weighted by Crippen LogP contribution is -2.52. The van der Waals surface area contributed by atoms with Crippen molar-refractivity contribution in [3.8, 4) is 5.75 Å². The van der Waals surface area contributed by atoms with Gasteiger partial charge in [0, 0.05) is 12.6 Å². The van der Waals surface area contributed by atoms with Crippen LogP contribution in [0.4, 0.5) is 14.5 Å². The molecule has 3 rings (SSSR count). The summed E-state index contributed by atoms with van der Waals surface area (Å²) in [5.41, 5.74) is 0.609. The number of ether oxygens (including phenoxy) is 1. The maximum Gasteiger partial charge on any atom is 0.264 e. The van der Waals surface area contributed by atoms with E-state index in [1.165, 1.54) is 65.6 Å². The minimum absolute atomic E-state index is 0.0621. The molecule has 0 saturated heterocycles. The predicted molar refractivity (Wildman–Crippen MR) is 153 cm³/mol. The quantitative estimate of drug-likeness (QED) is 0.307. The molecule has 8 nitrogen and oxygen atoms in total. The molecule has 220 valence electrons. The minimum atomic E-state index is -4.32. The Labute approximate surface area is 240 Å². The van der Waals surface area contributed by atoms with Gasteiger partial charge in [0.25, 0.3) is 10.0 Å². The Hall–Kier alpha value is -3.99. The van der Waals surface area contributed by atoms with E-state index in [1.807, 2.05) is 13.8 Å². The second kappa shape index (κ2) is 14.1. The standard InChI is InChI=1S/C30H35F2N3O5S/c1-5-21(3)33-30(37)22(4)34(19-23-7-9-24(31)10-8-23)29(36)20-35(26-13-11-25(32)12-14-26)41(38,39)28-17-15-27(16-18-28)40-6-2/h7-18,21-22H,5-6,19-20H2,1-4H3,(H,33,37)/t21-,22-/m0/s1. The number of nitrogens with one attached hydrogen (secondary N) is 1. The van der Waals surface area contributed by atoms with E-state index in [9.17, 15) is 26.8 Å². The summed E-state index contributed by atoms with van der Waals surface area (Å²) in [6, 6.07) is 14.8. The van der Waals surface area contributed by atoms with E-state index in [1.54, 1.807) is 13.8 Å². The fourth-order valence-corrected chi connectivity index (χ4v) is 5.39. The zero-order chi connectivity index (χ0) is 30.2. The number of halogens is 2. The van der Waals surface area contributed by atoms with Crippen LogP contribution < -0.4 is 14.4 Å². The van der Waals surface area contributed by atoms with Gasteiger partial charge < -0.3 is 15.0 Å². The molecule has 0 spiro atoms. The van der Waals surface area contributed by atoms with Crippen LogP contribution in [0.1, 0.15) is 39.7 Å². The first-order valence-corrected chi connectivity index (χ1v) is 14.8. The average molecular weight is 588 g/mol. The molecule has 0 unspecified atom stereocenters. The van der Waals surface area contributed by atoms with Crippen LogP contribution in [0.25, 0.3) is 0 Å². The summed E-state index contributed by atoms with van der Waals surface area (Å²) in [5, 5.41) is 2.84. The number of rotatable bonds is 13. The molecule has 0 aromatic heterocycles. The van der Waals surface area contributed by atoms with E-state index in [2.05, 4.69) is 5.32 Å². The van der Waals surface area contributed by atoms with Crippen LogP contribution in [-0.4, -0.2) is 50.4 Å². The van der Waals surface area contributed by atoms with Crippen LogP contribution in [0.5, 0.6) is 5.75 Å². The fraction of sp³-hybridized carbons (Fsp3) is 0.333. The molecule has 0 aliphatic rings. The van der Waals surface area contributed by atoms with Crippen molar-refractivity contribution in [3.63, 3.8) is 0 Å².